The topological polar surface area (TPSA) is 59.9 Å². The fourth-order valence-electron chi connectivity index (χ4n) is 2.10. The summed E-state index contributed by atoms with van der Waals surface area (Å²) in [4.78, 5) is 12.1. The van der Waals surface area contributed by atoms with Gasteiger partial charge in [-0.1, -0.05) is 22.9 Å². The SMILES string of the molecule is CCCOc1c(I)cc(/C=N/NC(=O)c2ccc(Br)cc2)cc1OCC. The third kappa shape index (κ3) is 5.98. The smallest absolute Gasteiger partial charge is 0.271 e. The van der Waals surface area contributed by atoms with E-state index in [0.29, 0.717) is 24.5 Å². The number of amides is 1. The monoisotopic (exact) mass is 530 g/mol. The largest absolute Gasteiger partial charge is 0.490 e. The summed E-state index contributed by atoms with van der Waals surface area (Å²) in [6.07, 6.45) is 2.51. The summed E-state index contributed by atoms with van der Waals surface area (Å²) in [6.45, 7) is 5.16. The first-order chi connectivity index (χ1) is 12.5. The quantitative estimate of drug-likeness (QED) is 0.296. The van der Waals surface area contributed by atoms with Crippen molar-refractivity contribution in [3.8, 4) is 11.5 Å². The Bertz CT molecular complexity index is 779. The molecule has 0 aliphatic heterocycles. The lowest BCUT2D eigenvalue weighted by Crippen LogP contribution is -2.17. The van der Waals surface area contributed by atoms with Crippen LogP contribution in [0.3, 0.4) is 0 Å². The lowest BCUT2D eigenvalue weighted by molar-refractivity contribution is 0.0955. The molecule has 138 valence electrons. The molecule has 1 amide bonds. The van der Waals surface area contributed by atoms with Crippen molar-refractivity contribution in [1.29, 1.82) is 0 Å². The summed E-state index contributed by atoms with van der Waals surface area (Å²) in [5, 5.41) is 4.04. The van der Waals surface area contributed by atoms with Gasteiger partial charge in [-0.05, 0) is 77.9 Å². The molecule has 0 fully saturated rings. The summed E-state index contributed by atoms with van der Waals surface area (Å²) in [5.74, 6) is 1.15. The van der Waals surface area contributed by atoms with Gasteiger partial charge in [-0.25, -0.2) is 5.43 Å². The van der Waals surface area contributed by atoms with Crippen LogP contribution >= 0.6 is 38.5 Å². The van der Waals surface area contributed by atoms with Crippen LogP contribution in [0.1, 0.15) is 36.2 Å². The van der Waals surface area contributed by atoms with Gasteiger partial charge in [0, 0.05) is 10.0 Å². The molecule has 0 spiro atoms. The highest BCUT2D eigenvalue weighted by Crippen LogP contribution is 2.34. The number of carbonyl (C=O) groups excluding carboxylic acids is 1. The third-order valence-electron chi connectivity index (χ3n) is 3.27. The lowest BCUT2D eigenvalue weighted by Gasteiger charge is -2.14. The Kier molecular flexibility index (Phi) is 8.37. The molecule has 0 aliphatic carbocycles. The van der Waals surface area contributed by atoms with E-state index in [1.165, 1.54) is 0 Å². The van der Waals surface area contributed by atoms with E-state index < -0.39 is 0 Å². The zero-order chi connectivity index (χ0) is 18.9. The molecule has 0 saturated carbocycles. The van der Waals surface area contributed by atoms with Gasteiger partial charge >= 0.3 is 0 Å². The summed E-state index contributed by atoms with van der Waals surface area (Å²) in [5.41, 5.74) is 3.88. The van der Waals surface area contributed by atoms with Crippen molar-refractivity contribution < 1.29 is 14.3 Å². The summed E-state index contributed by atoms with van der Waals surface area (Å²) < 4.78 is 13.3. The average Bonchev–Trinajstić information content (AvgIpc) is 2.62. The van der Waals surface area contributed by atoms with Gasteiger partial charge in [0.1, 0.15) is 0 Å². The van der Waals surface area contributed by atoms with Crippen LogP contribution in [0.15, 0.2) is 46.0 Å². The number of carbonyl (C=O) groups is 1. The van der Waals surface area contributed by atoms with Crippen LogP contribution in [0.5, 0.6) is 11.5 Å². The normalized spacial score (nSPS) is 10.8. The molecule has 26 heavy (non-hydrogen) atoms. The standard InChI is InChI=1S/C19H20BrIN2O3/c1-3-9-26-18-16(21)10-13(11-17(18)25-4-2)12-22-23-19(24)14-5-7-15(20)8-6-14/h5-8,10-12H,3-4,9H2,1-2H3,(H,23,24)/b22-12+. The van der Waals surface area contributed by atoms with Gasteiger partial charge < -0.3 is 9.47 Å². The lowest BCUT2D eigenvalue weighted by atomic mass is 10.2. The Balaban J connectivity index is 2.11. The van der Waals surface area contributed by atoms with Crippen LogP contribution in [-0.2, 0) is 0 Å². The fraction of sp³-hybridized carbons (Fsp3) is 0.263. The average molecular weight is 531 g/mol. The Morgan fingerprint density at radius 2 is 1.96 bits per heavy atom. The van der Waals surface area contributed by atoms with E-state index in [0.717, 1.165) is 25.8 Å². The number of nitrogens with zero attached hydrogens (tertiary/aromatic N) is 1. The van der Waals surface area contributed by atoms with Crippen molar-refractivity contribution in [2.75, 3.05) is 13.2 Å². The van der Waals surface area contributed by atoms with Crippen LogP contribution in [0.25, 0.3) is 0 Å². The molecule has 2 aromatic rings. The van der Waals surface area contributed by atoms with Crippen LogP contribution in [-0.4, -0.2) is 25.3 Å². The highest BCUT2D eigenvalue weighted by molar-refractivity contribution is 14.1. The Morgan fingerprint density at radius 3 is 2.62 bits per heavy atom. The van der Waals surface area contributed by atoms with Gasteiger partial charge in [0.15, 0.2) is 11.5 Å². The fourth-order valence-corrected chi connectivity index (χ4v) is 3.15. The molecule has 1 N–H and O–H groups in total. The molecule has 0 unspecified atom stereocenters. The second kappa shape index (κ2) is 10.5. The van der Waals surface area contributed by atoms with E-state index in [-0.39, 0.29) is 5.91 Å². The number of nitrogens with one attached hydrogen (secondary N) is 1. The van der Waals surface area contributed by atoms with Gasteiger partial charge in [-0.3, -0.25) is 4.79 Å². The highest BCUT2D eigenvalue weighted by atomic mass is 127. The minimum Gasteiger partial charge on any atom is -0.490 e. The van der Waals surface area contributed by atoms with Crippen LogP contribution in [0, 0.1) is 3.57 Å². The van der Waals surface area contributed by atoms with E-state index in [2.05, 4.69) is 56.0 Å². The Hall–Kier alpha value is -1.61. The third-order valence-corrected chi connectivity index (χ3v) is 4.60. The number of benzene rings is 2. The zero-order valence-corrected chi connectivity index (χ0v) is 18.3. The van der Waals surface area contributed by atoms with Crippen molar-refractivity contribution in [1.82, 2.24) is 5.43 Å². The molecule has 0 aliphatic rings. The predicted molar refractivity (Wildman–Crippen MR) is 115 cm³/mol. The maximum Gasteiger partial charge on any atom is 0.271 e. The highest BCUT2D eigenvalue weighted by Gasteiger charge is 2.11. The summed E-state index contributed by atoms with van der Waals surface area (Å²) in [6, 6.07) is 10.9. The molecule has 2 aromatic carbocycles. The second-order valence-electron chi connectivity index (χ2n) is 5.32. The van der Waals surface area contributed by atoms with Crippen molar-refractivity contribution in [2.24, 2.45) is 5.10 Å². The van der Waals surface area contributed by atoms with Gasteiger partial charge in [0.25, 0.3) is 5.91 Å². The van der Waals surface area contributed by atoms with Crippen LogP contribution in [0.2, 0.25) is 0 Å². The molecule has 0 aromatic heterocycles. The van der Waals surface area contributed by atoms with E-state index in [9.17, 15) is 4.79 Å². The molecule has 2 rings (SSSR count). The number of rotatable bonds is 8. The minimum atomic E-state index is -0.267. The Labute approximate surface area is 175 Å². The molecule has 0 radical (unpaired) electrons. The number of hydrogen-bond acceptors (Lipinski definition) is 4. The Morgan fingerprint density at radius 1 is 1.23 bits per heavy atom. The first-order valence-corrected chi connectivity index (χ1v) is 10.1. The van der Waals surface area contributed by atoms with Crippen molar-refractivity contribution in [2.45, 2.75) is 20.3 Å². The number of hydrazone groups is 1. The number of halogens is 2. The first kappa shape index (κ1) is 20.7. The molecule has 7 heteroatoms. The number of hydrogen-bond donors (Lipinski definition) is 1. The number of ether oxygens (including phenoxy) is 2. The predicted octanol–water partition coefficient (Wildman–Crippen LogP) is 5.01. The van der Waals surface area contributed by atoms with E-state index in [1.54, 1.807) is 18.3 Å². The molecule has 0 saturated heterocycles. The molecular formula is C19H20BrIN2O3. The van der Waals surface area contributed by atoms with Gasteiger partial charge in [-0.15, -0.1) is 0 Å². The van der Waals surface area contributed by atoms with Gasteiger partial charge in [0.05, 0.1) is 23.0 Å². The molecule has 0 atom stereocenters. The van der Waals surface area contributed by atoms with E-state index in [4.69, 9.17) is 9.47 Å². The molecule has 0 bridgehead atoms. The van der Waals surface area contributed by atoms with E-state index >= 15 is 0 Å². The molecule has 0 heterocycles. The summed E-state index contributed by atoms with van der Waals surface area (Å²) in [7, 11) is 0. The van der Waals surface area contributed by atoms with Crippen molar-refractivity contribution in [3.63, 3.8) is 0 Å². The maximum absolute atomic E-state index is 12.1. The van der Waals surface area contributed by atoms with Crippen molar-refractivity contribution >= 4 is 50.6 Å². The first-order valence-electron chi connectivity index (χ1n) is 8.23. The van der Waals surface area contributed by atoms with Crippen LogP contribution in [0.4, 0.5) is 0 Å². The minimum absolute atomic E-state index is 0.267. The zero-order valence-electron chi connectivity index (χ0n) is 14.6. The van der Waals surface area contributed by atoms with Crippen molar-refractivity contribution in [3.05, 3.63) is 55.6 Å². The second-order valence-corrected chi connectivity index (χ2v) is 7.40. The van der Waals surface area contributed by atoms with Gasteiger partial charge in [-0.2, -0.15) is 5.10 Å². The van der Waals surface area contributed by atoms with E-state index in [1.807, 2.05) is 31.2 Å². The van der Waals surface area contributed by atoms with Crippen LogP contribution < -0.4 is 14.9 Å². The van der Waals surface area contributed by atoms with Gasteiger partial charge in [0.2, 0.25) is 0 Å². The molecular weight excluding hydrogens is 511 g/mol. The maximum atomic E-state index is 12.1. The molecule has 5 nitrogen and oxygen atoms in total. The summed E-state index contributed by atoms with van der Waals surface area (Å²) >= 11 is 5.55.